The van der Waals surface area contributed by atoms with Crippen molar-refractivity contribution in [3.63, 3.8) is 0 Å². The number of aryl methyl sites for hydroxylation is 1. The predicted octanol–water partition coefficient (Wildman–Crippen LogP) is 1.91. The third-order valence-electron chi connectivity index (χ3n) is 4.67. The average molecular weight is 358 g/mol. The summed E-state index contributed by atoms with van der Waals surface area (Å²) in [6.07, 6.45) is 2.42. The van der Waals surface area contributed by atoms with Crippen LogP contribution in [0.15, 0.2) is 35.3 Å². The lowest BCUT2D eigenvalue weighted by Gasteiger charge is -2.30. The van der Waals surface area contributed by atoms with Crippen molar-refractivity contribution in [2.24, 2.45) is 7.05 Å². The van der Waals surface area contributed by atoms with Gasteiger partial charge in [0.05, 0.1) is 5.52 Å². The molecule has 1 aromatic carbocycles. The first-order valence-electron chi connectivity index (χ1n) is 8.23. The van der Waals surface area contributed by atoms with Gasteiger partial charge in [0, 0.05) is 38.0 Å². The first kappa shape index (κ1) is 16.4. The van der Waals surface area contributed by atoms with E-state index in [1.807, 2.05) is 0 Å². The summed E-state index contributed by atoms with van der Waals surface area (Å²) in [6.45, 7) is 1.31. The van der Waals surface area contributed by atoms with Gasteiger partial charge in [0.2, 0.25) is 5.91 Å². The number of pyridine rings is 1. The molecule has 1 aliphatic rings. The molecule has 0 N–H and O–H groups in total. The highest BCUT2D eigenvalue weighted by Crippen LogP contribution is 2.24. The maximum absolute atomic E-state index is 13.5. The number of hydrogen-bond acceptors (Lipinski definition) is 3. The molecule has 8 heteroatoms. The van der Waals surface area contributed by atoms with E-state index in [0.29, 0.717) is 35.4 Å². The Hall–Kier alpha value is -3.03. The smallest absolute Gasteiger partial charge is 0.330 e. The minimum Gasteiger partial charge on any atom is -0.341 e. The summed E-state index contributed by atoms with van der Waals surface area (Å²) in [6, 6.07) is 4.81. The van der Waals surface area contributed by atoms with Crippen LogP contribution in [0, 0.1) is 11.6 Å². The van der Waals surface area contributed by atoms with Gasteiger partial charge in [-0.2, -0.15) is 0 Å². The van der Waals surface area contributed by atoms with E-state index < -0.39 is 11.6 Å². The van der Waals surface area contributed by atoms with E-state index in [-0.39, 0.29) is 18.1 Å². The Balaban J connectivity index is 1.82. The predicted molar refractivity (Wildman–Crippen MR) is 91.5 cm³/mol. The Labute approximate surface area is 147 Å². The highest BCUT2D eigenvalue weighted by Gasteiger charge is 2.23. The van der Waals surface area contributed by atoms with Gasteiger partial charge in [-0.1, -0.05) is 0 Å². The molecule has 0 bridgehead atoms. The lowest BCUT2D eigenvalue weighted by Crippen LogP contribution is -2.44. The van der Waals surface area contributed by atoms with Gasteiger partial charge in [0.15, 0.2) is 5.65 Å². The van der Waals surface area contributed by atoms with Gasteiger partial charge in [-0.15, -0.1) is 0 Å². The highest BCUT2D eigenvalue weighted by molar-refractivity contribution is 5.82. The second-order valence-electron chi connectivity index (χ2n) is 6.39. The first-order valence-corrected chi connectivity index (χ1v) is 8.23. The van der Waals surface area contributed by atoms with Gasteiger partial charge in [-0.3, -0.25) is 13.9 Å². The number of halogens is 2. The molecule has 0 atom stereocenters. The van der Waals surface area contributed by atoms with Crippen LogP contribution in [0.1, 0.15) is 6.42 Å². The summed E-state index contributed by atoms with van der Waals surface area (Å²) in [5.74, 6) is -1.52. The van der Waals surface area contributed by atoms with Gasteiger partial charge in [0.25, 0.3) is 0 Å². The molecular weight excluding hydrogens is 342 g/mol. The minimum absolute atomic E-state index is 0.0845. The van der Waals surface area contributed by atoms with Crippen LogP contribution in [0.5, 0.6) is 0 Å². The summed E-state index contributed by atoms with van der Waals surface area (Å²) in [5.41, 5.74) is 1.28. The zero-order valence-electron chi connectivity index (χ0n) is 14.1. The van der Waals surface area contributed by atoms with E-state index in [2.05, 4.69) is 4.98 Å². The third kappa shape index (κ3) is 2.67. The van der Waals surface area contributed by atoms with E-state index >= 15 is 0 Å². The standard InChI is InChI=1S/C18H16F2N4O2/c1-22-17-15(24(18(22)26)10-16(25)23-3-2-4-23)7-12(9-21-17)11-5-13(19)8-14(20)6-11/h5-9H,2-4,10H2,1H3. The molecule has 4 rings (SSSR count). The number of amides is 1. The largest absolute Gasteiger partial charge is 0.341 e. The number of imidazole rings is 1. The van der Waals surface area contributed by atoms with Crippen LogP contribution in [0.2, 0.25) is 0 Å². The SMILES string of the molecule is Cn1c(=O)n(CC(=O)N2CCC2)c2cc(-c3cc(F)cc(F)c3)cnc21. The Morgan fingerprint density at radius 3 is 2.42 bits per heavy atom. The second-order valence-corrected chi connectivity index (χ2v) is 6.39. The molecule has 6 nitrogen and oxygen atoms in total. The summed E-state index contributed by atoms with van der Waals surface area (Å²) in [4.78, 5) is 30.7. The second kappa shape index (κ2) is 6.05. The molecule has 2 aromatic heterocycles. The maximum Gasteiger partial charge on any atom is 0.330 e. The van der Waals surface area contributed by atoms with E-state index in [1.165, 1.54) is 27.5 Å². The van der Waals surface area contributed by atoms with Crippen molar-refractivity contribution < 1.29 is 13.6 Å². The molecule has 0 spiro atoms. The summed E-state index contributed by atoms with van der Waals surface area (Å²) in [5, 5.41) is 0. The number of aromatic nitrogens is 3. The van der Waals surface area contributed by atoms with Crippen molar-refractivity contribution in [2.75, 3.05) is 13.1 Å². The van der Waals surface area contributed by atoms with Crippen LogP contribution >= 0.6 is 0 Å². The van der Waals surface area contributed by atoms with Crippen molar-refractivity contribution in [1.82, 2.24) is 19.0 Å². The summed E-state index contributed by atoms with van der Waals surface area (Å²) in [7, 11) is 1.57. The van der Waals surface area contributed by atoms with E-state index in [9.17, 15) is 18.4 Å². The Morgan fingerprint density at radius 2 is 1.81 bits per heavy atom. The number of fused-ring (bicyclic) bond motifs is 1. The van der Waals surface area contributed by atoms with Crippen LogP contribution in [0.3, 0.4) is 0 Å². The third-order valence-corrected chi connectivity index (χ3v) is 4.67. The molecule has 1 fully saturated rings. The molecule has 0 radical (unpaired) electrons. The Bertz CT molecular complexity index is 1060. The highest BCUT2D eigenvalue weighted by atomic mass is 19.1. The first-order chi connectivity index (χ1) is 12.4. The van der Waals surface area contributed by atoms with Crippen LogP contribution in [-0.2, 0) is 18.4 Å². The number of hydrogen-bond donors (Lipinski definition) is 0. The van der Waals surface area contributed by atoms with Crippen molar-refractivity contribution in [3.8, 4) is 11.1 Å². The number of rotatable bonds is 3. The number of carbonyl (C=O) groups excluding carboxylic acids is 1. The fourth-order valence-electron chi connectivity index (χ4n) is 3.11. The molecule has 134 valence electrons. The van der Waals surface area contributed by atoms with Gasteiger partial charge in [0.1, 0.15) is 18.2 Å². The minimum atomic E-state index is -0.696. The van der Waals surface area contributed by atoms with Crippen molar-refractivity contribution in [1.29, 1.82) is 0 Å². The van der Waals surface area contributed by atoms with Crippen molar-refractivity contribution in [3.05, 3.63) is 52.6 Å². The molecule has 0 saturated carbocycles. The van der Waals surface area contributed by atoms with E-state index in [0.717, 1.165) is 12.5 Å². The average Bonchev–Trinajstić information content (AvgIpc) is 2.77. The molecular formula is C18H16F2N4O2. The zero-order valence-corrected chi connectivity index (χ0v) is 14.1. The molecule has 1 amide bonds. The number of carbonyl (C=O) groups is 1. The summed E-state index contributed by atoms with van der Waals surface area (Å²) >= 11 is 0. The van der Waals surface area contributed by atoms with E-state index in [1.54, 1.807) is 18.0 Å². The zero-order chi connectivity index (χ0) is 18.4. The van der Waals surface area contributed by atoms with Gasteiger partial charge < -0.3 is 4.90 Å². The monoisotopic (exact) mass is 358 g/mol. The quantitative estimate of drug-likeness (QED) is 0.719. The number of nitrogens with zero attached hydrogens (tertiary/aromatic N) is 4. The van der Waals surface area contributed by atoms with Crippen LogP contribution in [0.4, 0.5) is 8.78 Å². The lowest BCUT2D eigenvalue weighted by molar-refractivity contribution is -0.135. The molecule has 3 heterocycles. The summed E-state index contributed by atoms with van der Waals surface area (Å²) < 4.78 is 29.7. The van der Waals surface area contributed by atoms with Gasteiger partial charge >= 0.3 is 5.69 Å². The lowest BCUT2D eigenvalue weighted by atomic mass is 10.1. The fraction of sp³-hybridized carbons (Fsp3) is 0.278. The van der Waals surface area contributed by atoms with Crippen LogP contribution < -0.4 is 5.69 Å². The molecule has 0 unspecified atom stereocenters. The molecule has 0 aliphatic carbocycles. The van der Waals surface area contributed by atoms with Crippen molar-refractivity contribution >= 4 is 17.1 Å². The number of benzene rings is 1. The van der Waals surface area contributed by atoms with E-state index in [4.69, 9.17) is 0 Å². The number of likely N-dealkylation sites (tertiary alicyclic amines) is 1. The fourth-order valence-corrected chi connectivity index (χ4v) is 3.11. The van der Waals surface area contributed by atoms with Crippen LogP contribution in [0.25, 0.3) is 22.3 Å². The topological polar surface area (TPSA) is 60.1 Å². The van der Waals surface area contributed by atoms with Gasteiger partial charge in [-0.05, 0) is 30.2 Å². The Morgan fingerprint density at radius 1 is 1.12 bits per heavy atom. The molecule has 3 aromatic rings. The molecule has 1 aliphatic heterocycles. The molecule has 26 heavy (non-hydrogen) atoms. The van der Waals surface area contributed by atoms with Crippen LogP contribution in [-0.4, -0.2) is 38.0 Å². The Kier molecular flexibility index (Phi) is 3.82. The molecule has 1 saturated heterocycles. The normalized spacial score (nSPS) is 13.9. The van der Waals surface area contributed by atoms with Gasteiger partial charge in [-0.25, -0.2) is 18.6 Å². The maximum atomic E-state index is 13.5. The van der Waals surface area contributed by atoms with Crippen molar-refractivity contribution in [2.45, 2.75) is 13.0 Å².